The molecule has 34 heavy (non-hydrogen) atoms. The van der Waals surface area contributed by atoms with Crippen LogP contribution in [0.2, 0.25) is 0 Å². The SMILES string of the molecule is CCCCCCCCCC[C@@H](COC[C@H](OCOC)[C@H](COC[C@H]1CO1)OCOC)OCOC. The van der Waals surface area contributed by atoms with Gasteiger partial charge < -0.3 is 42.6 Å². The van der Waals surface area contributed by atoms with Gasteiger partial charge in [-0.2, -0.15) is 0 Å². The summed E-state index contributed by atoms with van der Waals surface area (Å²) >= 11 is 0. The van der Waals surface area contributed by atoms with Crippen molar-refractivity contribution in [1.82, 2.24) is 0 Å². The number of hydrogen-bond acceptors (Lipinski definition) is 9. The standard InChI is InChI=1S/C25H50O9/c1-5-6-7-8-9-10-11-12-13-22(32-19-26-2)14-29-17-24(33-20-27-3)25(34-21-28-4)18-30-15-23-16-31-23/h22-25H,5-21H2,1-4H3/t22-,23-,24-,25-/m0/s1. The van der Waals surface area contributed by atoms with Gasteiger partial charge in [0.1, 0.15) is 38.7 Å². The predicted molar refractivity (Wildman–Crippen MR) is 129 cm³/mol. The Labute approximate surface area is 207 Å². The number of ether oxygens (including phenoxy) is 9. The molecule has 0 aromatic rings. The predicted octanol–water partition coefficient (Wildman–Crippen LogP) is 3.92. The third-order valence-electron chi connectivity index (χ3n) is 5.59. The second kappa shape index (κ2) is 23.1. The maximum atomic E-state index is 6.01. The van der Waals surface area contributed by atoms with Gasteiger partial charge in [0.15, 0.2) is 0 Å². The van der Waals surface area contributed by atoms with E-state index in [1.54, 1.807) is 21.3 Å². The molecule has 0 spiro atoms. The molecule has 9 nitrogen and oxygen atoms in total. The van der Waals surface area contributed by atoms with Gasteiger partial charge in [-0.3, -0.25) is 0 Å². The fourth-order valence-electron chi connectivity index (χ4n) is 3.52. The zero-order chi connectivity index (χ0) is 24.7. The maximum absolute atomic E-state index is 6.01. The highest BCUT2D eigenvalue weighted by Crippen LogP contribution is 2.14. The molecule has 1 aliphatic heterocycles. The molecular weight excluding hydrogens is 444 g/mol. The van der Waals surface area contributed by atoms with E-state index in [-0.39, 0.29) is 44.8 Å². The van der Waals surface area contributed by atoms with Crippen LogP contribution < -0.4 is 0 Å². The van der Waals surface area contributed by atoms with Gasteiger partial charge in [0, 0.05) is 21.3 Å². The number of epoxide rings is 1. The highest BCUT2D eigenvalue weighted by atomic mass is 16.7. The van der Waals surface area contributed by atoms with Crippen molar-refractivity contribution in [2.45, 2.75) is 89.1 Å². The van der Waals surface area contributed by atoms with Gasteiger partial charge in [0.2, 0.25) is 0 Å². The van der Waals surface area contributed by atoms with Gasteiger partial charge in [-0.25, -0.2) is 0 Å². The lowest BCUT2D eigenvalue weighted by molar-refractivity contribution is -0.190. The van der Waals surface area contributed by atoms with E-state index < -0.39 is 0 Å². The van der Waals surface area contributed by atoms with Crippen molar-refractivity contribution in [3.05, 3.63) is 0 Å². The van der Waals surface area contributed by atoms with Gasteiger partial charge in [-0.1, -0.05) is 58.3 Å². The number of unbranched alkanes of at least 4 members (excludes halogenated alkanes) is 7. The summed E-state index contributed by atoms with van der Waals surface area (Å²) < 4.78 is 49.7. The van der Waals surface area contributed by atoms with Gasteiger partial charge in [0.05, 0.1) is 39.1 Å². The number of methoxy groups -OCH3 is 3. The molecule has 0 bridgehead atoms. The summed E-state index contributed by atoms with van der Waals surface area (Å²) in [4.78, 5) is 0. The van der Waals surface area contributed by atoms with Crippen LogP contribution in [0.4, 0.5) is 0 Å². The summed E-state index contributed by atoms with van der Waals surface area (Å²) in [7, 11) is 4.80. The Morgan fingerprint density at radius 2 is 1.21 bits per heavy atom. The second-order valence-corrected chi connectivity index (χ2v) is 8.71. The van der Waals surface area contributed by atoms with Crippen LogP contribution in [0.25, 0.3) is 0 Å². The van der Waals surface area contributed by atoms with Gasteiger partial charge in [-0.15, -0.1) is 0 Å². The Hall–Kier alpha value is -0.360. The van der Waals surface area contributed by atoms with Crippen molar-refractivity contribution in [3.63, 3.8) is 0 Å². The summed E-state index contributed by atoms with van der Waals surface area (Å²) in [5.41, 5.74) is 0. The molecule has 1 heterocycles. The average molecular weight is 495 g/mol. The van der Waals surface area contributed by atoms with Crippen molar-refractivity contribution in [1.29, 1.82) is 0 Å². The lowest BCUT2D eigenvalue weighted by Crippen LogP contribution is -2.41. The van der Waals surface area contributed by atoms with Gasteiger partial charge in [0.25, 0.3) is 0 Å². The topological polar surface area (TPSA) is 86.4 Å². The molecule has 0 aromatic heterocycles. The van der Waals surface area contributed by atoms with Crippen LogP contribution in [0.15, 0.2) is 0 Å². The minimum absolute atomic E-state index is 0.0234. The Morgan fingerprint density at radius 3 is 1.76 bits per heavy atom. The number of hydrogen-bond donors (Lipinski definition) is 0. The molecule has 4 atom stereocenters. The van der Waals surface area contributed by atoms with Crippen molar-refractivity contribution in [2.24, 2.45) is 0 Å². The molecular formula is C25H50O9. The quantitative estimate of drug-likeness (QED) is 0.0958. The smallest absolute Gasteiger partial charge is 0.146 e. The van der Waals surface area contributed by atoms with E-state index >= 15 is 0 Å². The van der Waals surface area contributed by atoms with Crippen LogP contribution in [0.1, 0.15) is 64.7 Å². The zero-order valence-electron chi connectivity index (χ0n) is 22.0. The zero-order valence-corrected chi connectivity index (χ0v) is 22.0. The van der Waals surface area contributed by atoms with Crippen LogP contribution >= 0.6 is 0 Å². The van der Waals surface area contributed by atoms with Crippen molar-refractivity contribution >= 4 is 0 Å². The van der Waals surface area contributed by atoms with Crippen LogP contribution in [0.3, 0.4) is 0 Å². The summed E-state index contributed by atoms with van der Waals surface area (Å²) in [6.07, 6.45) is 10.6. The van der Waals surface area contributed by atoms with Gasteiger partial charge in [-0.05, 0) is 6.42 Å². The Bertz CT molecular complexity index is 423. The molecule has 0 radical (unpaired) electrons. The van der Waals surface area contributed by atoms with E-state index in [1.165, 1.54) is 44.9 Å². The molecule has 9 heteroatoms. The van der Waals surface area contributed by atoms with E-state index in [9.17, 15) is 0 Å². The molecule has 0 unspecified atom stereocenters. The second-order valence-electron chi connectivity index (χ2n) is 8.71. The third-order valence-corrected chi connectivity index (χ3v) is 5.59. The van der Waals surface area contributed by atoms with Crippen molar-refractivity contribution in [2.75, 3.05) is 74.7 Å². The molecule has 0 N–H and O–H groups in total. The molecule has 1 saturated heterocycles. The normalized spacial score (nSPS) is 18.2. The molecule has 1 rings (SSSR count). The van der Waals surface area contributed by atoms with Crippen LogP contribution in [0, 0.1) is 0 Å². The summed E-state index contributed by atoms with van der Waals surface area (Å²) in [5.74, 6) is 0. The minimum atomic E-state index is -0.374. The lowest BCUT2D eigenvalue weighted by Gasteiger charge is -2.27. The minimum Gasteiger partial charge on any atom is -0.376 e. The third kappa shape index (κ3) is 18.0. The molecule has 1 fully saturated rings. The Morgan fingerprint density at radius 1 is 0.676 bits per heavy atom. The molecule has 0 aromatic carbocycles. The van der Waals surface area contributed by atoms with E-state index in [4.69, 9.17) is 42.6 Å². The monoisotopic (exact) mass is 494 g/mol. The largest absolute Gasteiger partial charge is 0.376 e. The fourth-order valence-corrected chi connectivity index (χ4v) is 3.52. The first-order chi connectivity index (χ1) is 16.7. The molecule has 0 saturated carbocycles. The van der Waals surface area contributed by atoms with E-state index in [0.29, 0.717) is 26.4 Å². The van der Waals surface area contributed by atoms with Crippen molar-refractivity contribution in [3.8, 4) is 0 Å². The van der Waals surface area contributed by atoms with E-state index in [0.717, 1.165) is 19.4 Å². The highest BCUT2D eigenvalue weighted by molar-refractivity contribution is 4.73. The summed E-state index contributed by atoms with van der Waals surface area (Å²) in [6, 6.07) is 0. The van der Waals surface area contributed by atoms with Crippen LogP contribution in [-0.2, 0) is 42.6 Å². The van der Waals surface area contributed by atoms with E-state index in [1.807, 2.05) is 0 Å². The number of rotatable bonds is 27. The molecule has 0 amide bonds. The fraction of sp³-hybridized carbons (Fsp3) is 1.00. The first kappa shape index (κ1) is 31.7. The average Bonchev–Trinajstić information content (AvgIpc) is 3.67. The highest BCUT2D eigenvalue weighted by Gasteiger charge is 2.27. The van der Waals surface area contributed by atoms with Crippen LogP contribution in [0.5, 0.6) is 0 Å². The summed E-state index contributed by atoms with van der Waals surface area (Å²) in [6.45, 7) is 5.20. The molecule has 1 aliphatic rings. The van der Waals surface area contributed by atoms with Crippen LogP contribution in [-0.4, -0.2) is 99.2 Å². The summed E-state index contributed by atoms with van der Waals surface area (Å²) in [5, 5.41) is 0. The maximum Gasteiger partial charge on any atom is 0.146 e. The Balaban J connectivity index is 2.40. The van der Waals surface area contributed by atoms with Crippen molar-refractivity contribution < 1.29 is 42.6 Å². The molecule has 204 valence electrons. The first-order valence-corrected chi connectivity index (χ1v) is 12.8. The lowest BCUT2D eigenvalue weighted by atomic mass is 10.1. The molecule has 0 aliphatic carbocycles. The van der Waals surface area contributed by atoms with E-state index in [2.05, 4.69) is 6.92 Å². The Kier molecular flexibility index (Phi) is 21.5. The first-order valence-electron chi connectivity index (χ1n) is 12.8. The van der Waals surface area contributed by atoms with Gasteiger partial charge >= 0.3 is 0 Å².